The Morgan fingerprint density at radius 3 is 2.63 bits per heavy atom. The molecule has 0 saturated carbocycles. The van der Waals surface area contributed by atoms with E-state index < -0.39 is 0 Å². The Bertz CT molecular complexity index is 1030. The van der Waals surface area contributed by atoms with E-state index in [1.165, 1.54) is 17.8 Å². The quantitative estimate of drug-likeness (QED) is 0.375. The van der Waals surface area contributed by atoms with Crippen molar-refractivity contribution in [3.05, 3.63) is 63.9 Å². The Labute approximate surface area is 188 Å². The van der Waals surface area contributed by atoms with Crippen molar-refractivity contribution in [3.8, 4) is 11.5 Å². The van der Waals surface area contributed by atoms with Crippen LogP contribution in [0, 0.1) is 0 Å². The summed E-state index contributed by atoms with van der Waals surface area (Å²) in [6.45, 7) is 0.724. The molecule has 3 rings (SSSR count). The standard InChI is InChI=1S/C20H20Cl2N4O3S/c1-26-18(12-23-19(27)13-7-8-14(21)15(22)11-13)24-25-20(26)30-10-9-29-17-6-4-3-5-16(17)28-2/h3-8,11H,9-10,12H2,1-2H3,(H,23,27). The van der Waals surface area contributed by atoms with E-state index in [4.69, 9.17) is 32.7 Å². The Morgan fingerprint density at radius 2 is 1.90 bits per heavy atom. The van der Waals surface area contributed by atoms with Gasteiger partial charge in [-0.05, 0) is 30.3 Å². The van der Waals surface area contributed by atoms with Crippen molar-refractivity contribution in [2.24, 2.45) is 7.05 Å². The molecule has 0 spiro atoms. The van der Waals surface area contributed by atoms with Gasteiger partial charge in [-0.1, -0.05) is 47.1 Å². The number of hydrogen-bond donors (Lipinski definition) is 1. The van der Waals surface area contributed by atoms with Crippen molar-refractivity contribution in [1.82, 2.24) is 20.1 Å². The second-order valence-corrected chi connectivity index (χ2v) is 7.99. The van der Waals surface area contributed by atoms with Crippen LogP contribution in [0.4, 0.5) is 0 Å². The van der Waals surface area contributed by atoms with Gasteiger partial charge in [-0.2, -0.15) is 0 Å². The van der Waals surface area contributed by atoms with Gasteiger partial charge in [0.1, 0.15) is 0 Å². The van der Waals surface area contributed by atoms with E-state index in [9.17, 15) is 4.79 Å². The average Bonchev–Trinajstić information content (AvgIpc) is 3.11. The summed E-state index contributed by atoms with van der Waals surface area (Å²) in [4.78, 5) is 12.3. The molecule has 30 heavy (non-hydrogen) atoms. The lowest BCUT2D eigenvalue weighted by atomic mass is 10.2. The maximum absolute atomic E-state index is 12.3. The molecule has 1 heterocycles. The summed E-state index contributed by atoms with van der Waals surface area (Å²) in [7, 11) is 3.46. The highest BCUT2D eigenvalue weighted by Crippen LogP contribution is 2.26. The van der Waals surface area contributed by atoms with Crippen LogP contribution in [0.3, 0.4) is 0 Å². The molecule has 7 nitrogen and oxygen atoms in total. The fourth-order valence-electron chi connectivity index (χ4n) is 2.55. The van der Waals surface area contributed by atoms with Gasteiger partial charge in [0.05, 0.1) is 30.3 Å². The number of hydrogen-bond acceptors (Lipinski definition) is 6. The van der Waals surface area contributed by atoms with Gasteiger partial charge in [0, 0.05) is 18.4 Å². The van der Waals surface area contributed by atoms with Gasteiger partial charge < -0.3 is 19.4 Å². The zero-order valence-electron chi connectivity index (χ0n) is 16.4. The van der Waals surface area contributed by atoms with Crippen LogP contribution < -0.4 is 14.8 Å². The van der Waals surface area contributed by atoms with E-state index in [2.05, 4.69) is 15.5 Å². The lowest BCUT2D eigenvalue weighted by molar-refractivity contribution is 0.0949. The maximum Gasteiger partial charge on any atom is 0.251 e. The van der Waals surface area contributed by atoms with Crippen LogP contribution in [0.5, 0.6) is 11.5 Å². The van der Waals surface area contributed by atoms with Crippen molar-refractivity contribution in [3.63, 3.8) is 0 Å². The van der Waals surface area contributed by atoms with E-state index in [0.29, 0.717) is 45.3 Å². The van der Waals surface area contributed by atoms with Crippen LogP contribution in [-0.2, 0) is 13.6 Å². The molecule has 0 unspecified atom stereocenters. The SMILES string of the molecule is COc1ccccc1OCCSc1nnc(CNC(=O)c2ccc(Cl)c(Cl)c2)n1C. The number of para-hydroxylation sites is 2. The van der Waals surface area contributed by atoms with E-state index in [1.807, 2.05) is 35.9 Å². The molecule has 1 aromatic heterocycles. The van der Waals surface area contributed by atoms with Crippen LogP contribution in [0.1, 0.15) is 16.2 Å². The molecule has 0 atom stereocenters. The third-order valence-corrected chi connectivity index (χ3v) is 5.88. The predicted molar refractivity (Wildman–Crippen MR) is 118 cm³/mol. The number of nitrogens with zero attached hydrogens (tertiary/aromatic N) is 3. The Hall–Kier alpha value is -2.42. The average molecular weight is 467 g/mol. The van der Waals surface area contributed by atoms with Gasteiger partial charge >= 0.3 is 0 Å². The number of halogens is 2. The molecule has 1 amide bonds. The number of rotatable bonds is 9. The molecule has 0 aliphatic heterocycles. The highest BCUT2D eigenvalue weighted by atomic mass is 35.5. The van der Waals surface area contributed by atoms with Crippen molar-refractivity contribution in [2.75, 3.05) is 19.5 Å². The number of nitrogens with one attached hydrogen (secondary N) is 1. The van der Waals surface area contributed by atoms with Crippen molar-refractivity contribution in [2.45, 2.75) is 11.7 Å². The summed E-state index contributed by atoms with van der Waals surface area (Å²) < 4.78 is 12.9. The van der Waals surface area contributed by atoms with E-state index >= 15 is 0 Å². The molecule has 3 aromatic rings. The van der Waals surface area contributed by atoms with Crippen molar-refractivity contribution < 1.29 is 14.3 Å². The second kappa shape index (κ2) is 10.6. The molecule has 0 aliphatic rings. The highest BCUT2D eigenvalue weighted by Gasteiger charge is 2.13. The molecule has 0 radical (unpaired) electrons. The summed E-state index contributed by atoms with van der Waals surface area (Å²) in [5.41, 5.74) is 0.426. The summed E-state index contributed by atoms with van der Waals surface area (Å²) >= 11 is 13.4. The molecule has 0 saturated heterocycles. The molecule has 0 fully saturated rings. The van der Waals surface area contributed by atoms with Gasteiger partial charge in [0.15, 0.2) is 22.5 Å². The highest BCUT2D eigenvalue weighted by molar-refractivity contribution is 7.99. The first-order valence-electron chi connectivity index (χ1n) is 8.99. The van der Waals surface area contributed by atoms with Crippen LogP contribution in [0.2, 0.25) is 10.0 Å². The largest absolute Gasteiger partial charge is 0.493 e. The predicted octanol–water partition coefficient (Wildman–Crippen LogP) is 4.23. The zero-order valence-corrected chi connectivity index (χ0v) is 18.7. The molecule has 1 N–H and O–H groups in total. The third kappa shape index (κ3) is 5.59. The van der Waals surface area contributed by atoms with Gasteiger partial charge in [0.2, 0.25) is 0 Å². The first-order chi connectivity index (χ1) is 14.5. The minimum absolute atomic E-state index is 0.237. The minimum Gasteiger partial charge on any atom is -0.493 e. The monoisotopic (exact) mass is 466 g/mol. The van der Waals surface area contributed by atoms with E-state index in [0.717, 1.165) is 5.16 Å². The van der Waals surface area contributed by atoms with Crippen LogP contribution in [-0.4, -0.2) is 40.1 Å². The van der Waals surface area contributed by atoms with Gasteiger partial charge in [-0.15, -0.1) is 10.2 Å². The first-order valence-corrected chi connectivity index (χ1v) is 10.7. The summed E-state index contributed by atoms with van der Waals surface area (Å²) in [5, 5.41) is 12.6. The normalized spacial score (nSPS) is 10.7. The van der Waals surface area contributed by atoms with E-state index in [1.54, 1.807) is 19.2 Å². The zero-order chi connectivity index (χ0) is 21.5. The number of ether oxygens (including phenoxy) is 2. The van der Waals surface area contributed by atoms with Gasteiger partial charge in [-0.25, -0.2) is 0 Å². The number of amides is 1. The van der Waals surface area contributed by atoms with Crippen molar-refractivity contribution >= 4 is 40.9 Å². The fraction of sp³-hybridized carbons (Fsp3) is 0.250. The molecule has 0 aliphatic carbocycles. The summed E-state index contributed by atoms with van der Waals surface area (Å²) in [5.74, 6) is 2.44. The Kier molecular flexibility index (Phi) is 7.84. The van der Waals surface area contributed by atoms with Crippen LogP contribution >= 0.6 is 35.0 Å². The van der Waals surface area contributed by atoms with Crippen LogP contribution in [0.15, 0.2) is 47.6 Å². The lowest BCUT2D eigenvalue weighted by Crippen LogP contribution is -2.24. The smallest absolute Gasteiger partial charge is 0.251 e. The van der Waals surface area contributed by atoms with E-state index in [-0.39, 0.29) is 12.5 Å². The lowest BCUT2D eigenvalue weighted by Gasteiger charge is -2.10. The number of carbonyl (C=O) groups is 1. The fourth-order valence-corrected chi connectivity index (χ4v) is 3.59. The molecule has 0 bridgehead atoms. The van der Waals surface area contributed by atoms with Gasteiger partial charge in [-0.3, -0.25) is 4.79 Å². The Balaban J connectivity index is 1.49. The number of aromatic nitrogens is 3. The number of benzene rings is 2. The maximum atomic E-state index is 12.3. The molecular formula is C20H20Cl2N4O3S. The third-order valence-electron chi connectivity index (χ3n) is 4.16. The minimum atomic E-state index is -0.268. The van der Waals surface area contributed by atoms with Crippen molar-refractivity contribution in [1.29, 1.82) is 0 Å². The topological polar surface area (TPSA) is 78.3 Å². The number of carbonyl (C=O) groups excluding carboxylic acids is 1. The molecular weight excluding hydrogens is 447 g/mol. The second-order valence-electron chi connectivity index (χ2n) is 6.12. The number of methoxy groups -OCH3 is 1. The Morgan fingerprint density at radius 1 is 1.13 bits per heavy atom. The summed E-state index contributed by atoms with van der Waals surface area (Å²) in [6.07, 6.45) is 0. The molecule has 2 aromatic carbocycles. The molecule has 10 heteroatoms. The molecule has 158 valence electrons. The van der Waals surface area contributed by atoms with Gasteiger partial charge in [0.25, 0.3) is 5.91 Å². The summed E-state index contributed by atoms with van der Waals surface area (Å²) in [6, 6.07) is 12.2. The van der Waals surface area contributed by atoms with Crippen LogP contribution in [0.25, 0.3) is 0 Å². The number of thioether (sulfide) groups is 1. The first kappa shape index (κ1) is 22.3.